The molecule has 1 aromatic heterocycles. The van der Waals surface area contributed by atoms with E-state index in [1.165, 1.54) is 5.56 Å². The summed E-state index contributed by atoms with van der Waals surface area (Å²) < 4.78 is 6.81. The van der Waals surface area contributed by atoms with Crippen LogP contribution in [0, 0.1) is 0 Å². The first-order valence-electron chi connectivity index (χ1n) is 6.74. The van der Waals surface area contributed by atoms with Crippen molar-refractivity contribution in [3.63, 3.8) is 0 Å². The molecule has 20 heavy (non-hydrogen) atoms. The molecule has 0 unspecified atom stereocenters. The van der Waals surface area contributed by atoms with E-state index in [0.717, 1.165) is 12.8 Å². The average Bonchev–Trinajstić information content (AvgIpc) is 2.86. The molecule has 0 aliphatic carbocycles. The first kappa shape index (κ1) is 14.1. The largest absolute Gasteiger partial charge is 0.461 e. The molecular formula is C15H19N3O2. The number of benzene rings is 1. The minimum absolute atomic E-state index is 0.201. The fraction of sp³-hybridized carbons (Fsp3) is 0.333. The molecule has 0 bridgehead atoms. The van der Waals surface area contributed by atoms with Crippen molar-refractivity contribution < 1.29 is 9.53 Å². The Morgan fingerprint density at radius 1 is 1.35 bits per heavy atom. The third-order valence-corrected chi connectivity index (χ3v) is 2.99. The van der Waals surface area contributed by atoms with Gasteiger partial charge in [0.05, 0.1) is 12.3 Å². The van der Waals surface area contributed by atoms with Crippen LogP contribution in [0.1, 0.15) is 29.4 Å². The lowest BCUT2D eigenvalue weighted by atomic mass is 10.1. The molecule has 106 valence electrons. The summed E-state index contributed by atoms with van der Waals surface area (Å²) >= 11 is 0. The van der Waals surface area contributed by atoms with Crippen LogP contribution in [-0.2, 0) is 17.7 Å². The Balaban J connectivity index is 1.79. The van der Waals surface area contributed by atoms with Crippen molar-refractivity contribution in [1.82, 2.24) is 9.78 Å². The summed E-state index contributed by atoms with van der Waals surface area (Å²) in [6.07, 6.45) is 3.30. The summed E-state index contributed by atoms with van der Waals surface area (Å²) in [6, 6.07) is 10.1. The van der Waals surface area contributed by atoms with E-state index in [2.05, 4.69) is 17.2 Å². The van der Waals surface area contributed by atoms with Crippen LogP contribution in [0.2, 0.25) is 0 Å². The standard InChI is InChI=1S/C15H19N3O2/c1-2-18-11-13(16)14(17-18)15(19)20-10-6-9-12-7-4-3-5-8-12/h3-5,7-8,11H,2,6,9-10,16H2,1H3. The molecule has 0 fully saturated rings. The monoisotopic (exact) mass is 273 g/mol. The molecule has 0 radical (unpaired) electrons. The lowest BCUT2D eigenvalue weighted by Crippen LogP contribution is -2.10. The van der Waals surface area contributed by atoms with Crippen LogP contribution in [0.15, 0.2) is 36.5 Å². The number of nitrogen functional groups attached to an aromatic ring is 1. The first-order chi connectivity index (χ1) is 9.70. The quantitative estimate of drug-likeness (QED) is 0.647. The minimum atomic E-state index is -0.456. The summed E-state index contributed by atoms with van der Waals surface area (Å²) in [5.41, 5.74) is 7.53. The summed E-state index contributed by atoms with van der Waals surface area (Å²) in [4.78, 5) is 11.8. The Bertz CT molecular complexity index is 564. The van der Waals surface area contributed by atoms with E-state index in [4.69, 9.17) is 10.5 Å². The van der Waals surface area contributed by atoms with Gasteiger partial charge in [-0.25, -0.2) is 4.79 Å². The molecule has 2 aromatic rings. The molecule has 0 aliphatic rings. The Morgan fingerprint density at radius 3 is 2.75 bits per heavy atom. The van der Waals surface area contributed by atoms with Gasteiger partial charge < -0.3 is 10.5 Å². The number of hydrogen-bond donors (Lipinski definition) is 1. The first-order valence-corrected chi connectivity index (χ1v) is 6.74. The Hall–Kier alpha value is -2.30. The van der Waals surface area contributed by atoms with Gasteiger partial charge in [0.1, 0.15) is 0 Å². The van der Waals surface area contributed by atoms with E-state index in [9.17, 15) is 4.79 Å². The van der Waals surface area contributed by atoms with Gasteiger partial charge in [-0.15, -0.1) is 0 Å². The van der Waals surface area contributed by atoms with Crippen LogP contribution in [-0.4, -0.2) is 22.4 Å². The number of ether oxygens (including phenoxy) is 1. The minimum Gasteiger partial charge on any atom is -0.461 e. The smallest absolute Gasteiger partial charge is 0.361 e. The van der Waals surface area contributed by atoms with Crippen LogP contribution < -0.4 is 5.73 Å². The van der Waals surface area contributed by atoms with Gasteiger partial charge in [0.25, 0.3) is 0 Å². The number of nitrogens with two attached hydrogens (primary N) is 1. The third-order valence-electron chi connectivity index (χ3n) is 2.99. The molecule has 5 heteroatoms. The van der Waals surface area contributed by atoms with Crippen LogP contribution in [0.25, 0.3) is 0 Å². The fourth-order valence-corrected chi connectivity index (χ4v) is 1.91. The van der Waals surface area contributed by atoms with Crippen LogP contribution in [0.3, 0.4) is 0 Å². The van der Waals surface area contributed by atoms with E-state index in [1.807, 2.05) is 25.1 Å². The normalized spacial score (nSPS) is 10.4. The summed E-state index contributed by atoms with van der Waals surface area (Å²) in [7, 11) is 0. The molecule has 0 spiro atoms. The molecule has 0 aliphatic heterocycles. The van der Waals surface area contributed by atoms with E-state index >= 15 is 0 Å². The van der Waals surface area contributed by atoms with Crippen molar-refractivity contribution in [1.29, 1.82) is 0 Å². The van der Waals surface area contributed by atoms with Crippen LogP contribution in [0.5, 0.6) is 0 Å². The third kappa shape index (κ3) is 3.60. The fourth-order valence-electron chi connectivity index (χ4n) is 1.91. The second kappa shape index (κ2) is 6.75. The number of carbonyl (C=O) groups excluding carboxylic acids is 1. The zero-order valence-corrected chi connectivity index (χ0v) is 11.6. The van der Waals surface area contributed by atoms with Gasteiger partial charge in [-0.2, -0.15) is 5.10 Å². The number of aromatic nitrogens is 2. The molecule has 0 saturated carbocycles. The Labute approximate surface area is 118 Å². The number of rotatable bonds is 6. The maximum atomic E-state index is 11.8. The lowest BCUT2D eigenvalue weighted by molar-refractivity contribution is 0.0494. The van der Waals surface area contributed by atoms with Crippen LogP contribution in [0.4, 0.5) is 5.69 Å². The Morgan fingerprint density at radius 2 is 2.10 bits per heavy atom. The van der Waals surface area contributed by atoms with Crippen LogP contribution >= 0.6 is 0 Å². The van der Waals surface area contributed by atoms with Gasteiger partial charge in [-0.05, 0) is 25.3 Å². The lowest BCUT2D eigenvalue weighted by Gasteiger charge is -2.04. The summed E-state index contributed by atoms with van der Waals surface area (Å²) in [5.74, 6) is -0.456. The summed E-state index contributed by atoms with van der Waals surface area (Å²) in [6.45, 7) is 2.97. The highest BCUT2D eigenvalue weighted by atomic mass is 16.5. The Kier molecular flexibility index (Phi) is 4.76. The van der Waals surface area contributed by atoms with Crippen molar-refractivity contribution >= 4 is 11.7 Å². The molecule has 1 aromatic carbocycles. The maximum absolute atomic E-state index is 11.8. The SMILES string of the molecule is CCn1cc(N)c(C(=O)OCCCc2ccccc2)n1. The molecular weight excluding hydrogens is 254 g/mol. The van der Waals surface area contributed by atoms with Crippen molar-refractivity contribution in [3.05, 3.63) is 47.8 Å². The molecule has 2 N–H and O–H groups in total. The number of esters is 1. The highest BCUT2D eigenvalue weighted by Gasteiger charge is 2.15. The number of carbonyl (C=O) groups is 1. The number of hydrogen-bond acceptors (Lipinski definition) is 4. The predicted molar refractivity (Wildman–Crippen MR) is 77.4 cm³/mol. The van der Waals surface area contributed by atoms with Gasteiger partial charge in [0.15, 0.2) is 5.69 Å². The van der Waals surface area contributed by atoms with Crippen molar-refractivity contribution in [2.45, 2.75) is 26.3 Å². The number of nitrogens with zero attached hydrogens (tertiary/aromatic N) is 2. The topological polar surface area (TPSA) is 70.1 Å². The second-order valence-corrected chi connectivity index (χ2v) is 4.51. The van der Waals surface area contributed by atoms with Crippen molar-refractivity contribution in [2.24, 2.45) is 0 Å². The molecule has 0 saturated heterocycles. The molecule has 0 amide bonds. The molecule has 0 atom stereocenters. The molecule has 5 nitrogen and oxygen atoms in total. The van der Waals surface area contributed by atoms with Crippen molar-refractivity contribution in [3.8, 4) is 0 Å². The molecule has 1 heterocycles. The number of anilines is 1. The van der Waals surface area contributed by atoms with Gasteiger partial charge >= 0.3 is 5.97 Å². The average molecular weight is 273 g/mol. The van der Waals surface area contributed by atoms with Crippen molar-refractivity contribution in [2.75, 3.05) is 12.3 Å². The second-order valence-electron chi connectivity index (χ2n) is 4.51. The summed E-state index contributed by atoms with van der Waals surface area (Å²) in [5, 5.41) is 4.08. The highest BCUT2D eigenvalue weighted by Crippen LogP contribution is 2.11. The van der Waals surface area contributed by atoms with Gasteiger partial charge in [0.2, 0.25) is 0 Å². The zero-order valence-electron chi connectivity index (χ0n) is 11.6. The van der Waals surface area contributed by atoms with E-state index in [-0.39, 0.29) is 5.69 Å². The van der Waals surface area contributed by atoms with E-state index in [1.54, 1.807) is 10.9 Å². The molecule has 2 rings (SSSR count). The highest BCUT2D eigenvalue weighted by molar-refractivity contribution is 5.92. The predicted octanol–water partition coefficient (Wildman–Crippen LogP) is 2.27. The van der Waals surface area contributed by atoms with E-state index < -0.39 is 5.97 Å². The van der Waals surface area contributed by atoms with Gasteiger partial charge in [-0.3, -0.25) is 4.68 Å². The number of aryl methyl sites for hydroxylation is 2. The van der Waals surface area contributed by atoms with E-state index in [0.29, 0.717) is 18.8 Å². The van der Waals surface area contributed by atoms with Gasteiger partial charge in [0, 0.05) is 12.7 Å². The zero-order chi connectivity index (χ0) is 14.4. The maximum Gasteiger partial charge on any atom is 0.361 e. The van der Waals surface area contributed by atoms with Gasteiger partial charge in [-0.1, -0.05) is 30.3 Å².